The van der Waals surface area contributed by atoms with Gasteiger partial charge in [0.1, 0.15) is 10.7 Å². The molecular formula is C11H13ClFNO5S. The van der Waals surface area contributed by atoms with Crippen LogP contribution in [0.5, 0.6) is 5.75 Å². The number of rotatable bonds is 6. The quantitative estimate of drug-likeness (QED) is 0.455. The highest BCUT2D eigenvalue weighted by atomic mass is 35.5. The van der Waals surface area contributed by atoms with Crippen LogP contribution in [-0.2, 0) is 9.84 Å². The molecule has 9 heteroatoms. The molecule has 0 aliphatic heterocycles. The van der Waals surface area contributed by atoms with Crippen molar-refractivity contribution >= 4 is 27.1 Å². The summed E-state index contributed by atoms with van der Waals surface area (Å²) in [6, 6.07) is 1.37. The Balaban J connectivity index is 3.44. The van der Waals surface area contributed by atoms with Crippen LogP contribution >= 0.6 is 11.6 Å². The highest BCUT2D eigenvalue weighted by Crippen LogP contribution is 2.33. The lowest BCUT2D eigenvalue weighted by Crippen LogP contribution is -2.20. The molecule has 0 aliphatic carbocycles. The summed E-state index contributed by atoms with van der Waals surface area (Å²) in [4.78, 5) is 9.25. The van der Waals surface area contributed by atoms with Crippen molar-refractivity contribution in [2.75, 3.05) is 13.0 Å². The molecule has 1 unspecified atom stereocenters. The molecule has 0 N–H and O–H groups in total. The van der Waals surface area contributed by atoms with Gasteiger partial charge in [0.25, 0.3) is 0 Å². The molecule has 0 fully saturated rings. The molecule has 112 valence electrons. The third-order valence-electron chi connectivity index (χ3n) is 2.78. The molecule has 1 rings (SSSR count). The van der Waals surface area contributed by atoms with Crippen molar-refractivity contribution in [1.82, 2.24) is 0 Å². The van der Waals surface area contributed by atoms with Crippen LogP contribution in [0.4, 0.5) is 10.1 Å². The van der Waals surface area contributed by atoms with Crippen molar-refractivity contribution in [3.05, 3.63) is 28.1 Å². The Morgan fingerprint density at radius 2 is 2.10 bits per heavy atom. The molecule has 0 amide bonds. The largest absolute Gasteiger partial charge is 0.490 e. The van der Waals surface area contributed by atoms with Gasteiger partial charge in [0.05, 0.1) is 23.3 Å². The van der Waals surface area contributed by atoms with Crippen LogP contribution in [0.3, 0.4) is 0 Å². The Kier molecular flexibility index (Phi) is 5.29. The highest BCUT2D eigenvalue weighted by molar-refractivity contribution is 7.92. The Morgan fingerprint density at radius 3 is 2.55 bits per heavy atom. The lowest BCUT2D eigenvalue weighted by molar-refractivity contribution is -0.386. The molecule has 0 radical (unpaired) electrons. The van der Waals surface area contributed by atoms with Crippen LogP contribution in [-0.4, -0.2) is 31.6 Å². The molecule has 1 aromatic carbocycles. The number of hydrogen-bond acceptors (Lipinski definition) is 5. The summed E-state index contributed by atoms with van der Waals surface area (Å²) in [5.41, 5.74) is -0.631. The van der Waals surface area contributed by atoms with Crippen LogP contribution in [0, 0.1) is 15.9 Å². The van der Waals surface area contributed by atoms with Crippen molar-refractivity contribution in [2.24, 2.45) is 0 Å². The molecule has 1 atom stereocenters. The van der Waals surface area contributed by atoms with E-state index in [2.05, 4.69) is 0 Å². The number of methoxy groups -OCH3 is 1. The standard InChI is InChI=1S/C11H13ClFNO5S/c1-7(3-4-12)20(17,18)11-6-10(19-2)9(14(15)16)5-8(11)13/h5-7H,3-4H2,1-2H3. The number of nitro benzene ring substituents is 1. The van der Waals surface area contributed by atoms with E-state index in [4.69, 9.17) is 16.3 Å². The van der Waals surface area contributed by atoms with Gasteiger partial charge < -0.3 is 4.74 Å². The van der Waals surface area contributed by atoms with E-state index in [0.29, 0.717) is 6.07 Å². The predicted molar refractivity (Wildman–Crippen MR) is 71.6 cm³/mol. The average molecular weight is 326 g/mol. The number of nitrogens with zero attached hydrogens (tertiary/aromatic N) is 1. The zero-order chi connectivity index (χ0) is 15.5. The van der Waals surface area contributed by atoms with Crippen LogP contribution in [0.1, 0.15) is 13.3 Å². The third-order valence-corrected chi connectivity index (χ3v) is 5.22. The molecule has 0 spiro atoms. The van der Waals surface area contributed by atoms with E-state index in [-0.39, 0.29) is 18.1 Å². The molecule has 0 bridgehead atoms. The van der Waals surface area contributed by atoms with Crippen LogP contribution in [0.15, 0.2) is 17.0 Å². The van der Waals surface area contributed by atoms with Gasteiger partial charge in [0, 0.05) is 11.9 Å². The van der Waals surface area contributed by atoms with Gasteiger partial charge in [-0.3, -0.25) is 10.1 Å². The SMILES string of the molecule is COc1cc(S(=O)(=O)C(C)CCCl)c(F)cc1[N+](=O)[O-]. The summed E-state index contributed by atoms with van der Waals surface area (Å²) in [7, 11) is -2.83. The van der Waals surface area contributed by atoms with Gasteiger partial charge in [-0.2, -0.15) is 0 Å². The smallest absolute Gasteiger partial charge is 0.313 e. The fourth-order valence-corrected chi connectivity index (χ4v) is 3.49. The van der Waals surface area contributed by atoms with Gasteiger partial charge >= 0.3 is 5.69 Å². The first kappa shape index (κ1) is 16.6. The first-order valence-corrected chi connectivity index (χ1v) is 7.65. The third kappa shape index (κ3) is 3.18. The van der Waals surface area contributed by atoms with E-state index < -0.39 is 36.4 Å². The first-order valence-electron chi connectivity index (χ1n) is 5.57. The zero-order valence-electron chi connectivity index (χ0n) is 10.8. The fraction of sp³-hybridized carbons (Fsp3) is 0.455. The summed E-state index contributed by atoms with van der Waals surface area (Å²) in [6.45, 7) is 1.39. The number of ether oxygens (including phenoxy) is 1. The van der Waals surface area contributed by atoms with Crippen molar-refractivity contribution < 1.29 is 22.5 Å². The topological polar surface area (TPSA) is 86.5 Å². The first-order chi connectivity index (χ1) is 9.25. The molecule has 1 aromatic rings. The minimum atomic E-state index is -3.97. The molecule has 0 saturated carbocycles. The van der Waals surface area contributed by atoms with Gasteiger partial charge in [0.2, 0.25) is 0 Å². The highest BCUT2D eigenvalue weighted by Gasteiger charge is 2.30. The molecule has 0 aromatic heterocycles. The molecule has 6 nitrogen and oxygen atoms in total. The molecular weight excluding hydrogens is 313 g/mol. The van der Waals surface area contributed by atoms with Crippen molar-refractivity contribution in [3.63, 3.8) is 0 Å². The normalized spacial score (nSPS) is 13.0. The number of alkyl halides is 1. The van der Waals surface area contributed by atoms with E-state index >= 15 is 0 Å². The number of hydrogen-bond donors (Lipinski definition) is 0. The second-order valence-electron chi connectivity index (χ2n) is 4.04. The van der Waals surface area contributed by atoms with Crippen molar-refractivity contribution in [3.8, 4) is 5.75 Å². The zero-order valence-corrected chi connectivity index (χ0v) is 12.4. The monoisotopic (exact) mass is 325 g/mol. The Bertz CT molecular complexity index is 619. The summed E-state index contributed by atoms with van der Waals surface area (Å²) >= 11 is 5.48. The maximum atomic E-state index is 13.9. The summed E-state index contributed by atoms with van der Waals surface area (Å²) in [5.74, 6) is -1.39. The van der Waals surface area contributed by atoms with Gasteiger partial charge in [0.15, 0.2) is 15.6 Å². The Morgan fingerprint density at radius 1 is 1.50 bits per heavy atom. The van der Waals surface area contributed by atoms with E-state index in [1.165, 1.54) is 6.92 Å². The molecule has 0 aliphatic rings. The van der Waals surface area contributed by atoms with Gasteiger partial charge in [-0.1, -0.05) is 0 Å². The van der Waals surface area contributed by atoms with E-state index in [1.807, 2.05) is 0 Å². The molecule has 20 heavy (non-hydrogen) atoms. The minimum Gasteiger partial charge on any atom is -0.490 e. The maximum absolute atomic E-state index is 13.9. The number of nitro groups is 1. The fourth-order valence-electron chi connectivity index (χ4n) is 1.57. The lowest BCUT2D eigenvalue weighted by atomic mass is 10.3. The average Bonchev–Trinajstić information content (AvgIpc) is 2.38. The summed E-state index contributed by atoms with van der Waals surface area (Å²) in [5, 5.41) is 9.82. The molecule has 0 heterocycles. The number of halogens is 2. The minimum absolute atomic E-state index is 0.103. The van der Waals surface area contributed by atoms with E-state index in [1.54, 1.807) is 0 Å². The van der Waals surface area contributed by atoms with Gasteiger partial charge in [-0.25, -0.2) is 12.8 Å². The summed E-state index contributed by atoms with van der Waals surface area (Å²) < 4.78 is 42.9. The number of benzene rings is 1. The van der Waals surface area contributed by atoms with Crippen LogP contribution in [0.25, 0.3) is 0 Å². The Labute approximate surface area is 120 Å². The second-order valence-corrected chi connectivity index (χ2v) is 6.76. The van der Waals surface area contributed by atoms with Crippen LogP contribution < -0.4 is 4.74 Å². The number of sulfone groups is 1. The maximum Gasteiger partial charge on any atom is 0.313 e. The van der Waals surface area contributed by atoms with E-state index in [0.717, 1.165) is 13.2 Å². The Hall–Kier alpha value is -1.41. The van der Waals surface area contributed by atoms with Gasteiger partial charge in [-0.05, 0) is 13.3 Å². The van der Waals surface area contributed by atoms with Crippen molar-refractivity contribution in [1.29, 1.82) is 0 Å². The molecule has 0 saturated heterocycles. The van der Waals surface area contributed by atoms with E-state index in [9.17, 15) is 22.9 Å². The van der Waals surface area contributed by atoms with Crippen LogP contribution in [0.2, 0.25) is 0 Å². The second kappa shape index (κ2) is 6.36. The summed E-state index contributed by atoms with van der Waals surface area (Å²) in [6.07, 6.45) is 0.141. The lowest BCUT2D eigenvalue weighted by Gasteiger charge is -2.13. The van der Waals surface area contributed by atoms with Crippen molar-refractivity contribution in [2.45, 2.75) is 23.5 Å². The predicted octanol–water partition coefficient (Wildman–Crippen LogP) is 2.53. The van der Waals surface area contributed by atoms with Gasteiger partial charge in [-0.15, -0.1) is 11.6 Å².